The first-order valence-corrected chi connectivity index (χ1v) is 5.24. The highest BCUT2D eigenvalue weighted by Crippen LogP contribution is 2.19. The highest BCUT2D eigenvalue weighted by atomic mass is 35.5. The van der Waals surface area contributed by atoms with Gasteiger partial charge < -0.3 is 10.3 Å². The Morgan fingerprint density at radius 3 is 3.00 bits per heavy atom. The summed E-state index contributed by atoms with van der Waals surface area (Å²) < 4.78 is 2.16. The molecule has 0 aliphatic rings. The zero-order chi connectivity index (χ0) is 10.8. The second-order valence-electron chi connectivity index (χ2n) is 3.72. The first-order chi connectivity index (χ1) is 7.20. The van der Waals surface area contributed by atoms with Crippen molar-refractivity contribution >= 4 is 28.2 Å². The predicted molar refractivity (Wildman–Crippen MR) is 66.0 cm³/mol. The molecule has 0 radical (unpaired) electrons. The van der Waals surface area contributed by atoms with Crippen LogP contribution in [0.2, 0.25) is 0 Å². The van der Waals surface area contributed by atoms with E-state index in [1.165, 1.54) is 5.52 Å². The Balaban J connectivity index is 2.45. The molecule has 1 heterocycles. The first kappa shape index (κ1) is 10.1. The largest absolute Gasteiger partial charge is 0.399 e. The van der Waals surface area contributed by atoms with Crippen LogP contribution in [0.15, 0.2) is 41.6 Å². The fraction of sp³-hybridized carbons (Fsp3) is 0.167. The van der Waals surface area contributed by atoms with Crippen molar-refractivity contribution in [1.82, 2.24) is 4.57 Å². The van der Waals surface area contributed by atoms with Crippen LogP contribution in [0.5, 0.6) is 0 Å². The molecule has 0 unspecified atom stereocenters. The van der Waals surface area contributed by atoms with E-state index in [1.807, 2.05) is 31.3 Å². The fourth-order valence-electron chi connectivity index (χ4n) is 1.66. The van der Waals surface area contributed by atoms with Crippen molar-refractivity contribution < 1.29 is 0 Å². The van der Waals surface area contributed by atoms with E-state index in [-0.39, 0.29) is 0 Å². The lowest BCUT2D eigenvalue weighted by molar-refractivity contribution is 0.821. The molecule has 2 nitrogen and oxygen atoms in total. The maximum atomic E-state index is 5.72. The molecule has 0 saturated heterocycles. The number of allylic oxidation sites excluding steroid dienone is 1. The van der Waals surface area contributed by atoms with Gasteiger partial charge in [-0.2, -0.15) is 0 Å². The normalized spacial score (nSPS) is 12.3. The van der Waals surface area contributed by atoms with Crippen LogP contribution in [-0.2, 0) is 6.54 Å². The second kappa shape index (κ2) is 3.99. The van der Waals surface area contributed by atoms with Crippen molar-refractivity contribution in [3.8, 4) is 0 Å². The third-order valence-electron chi connectivity index (χ3n) is 2.40. The number of nitrogens with two attached hydrogens (primary N) is 1. The zero-order valence-electron chi connectivity index (χ0n) is 8.57. The Labute approximate surface area is 93.9 Å². The zero-order valence-corrected chi connectivity index (χ0v) is 9.33. The summed E-state index contributed by atoms with van der Waals surface area (Å²) in [5.74, 6) is 0. The van der Waals surface area contributed by atoms with Gasteiger partial charge in [0.25, 0.3) is 0 Å². The van der Waals surface area contributed by atoms with Crippen molar-refractivity contribution in [3.05, 3.63) is 41.6 Å². The van der Waals surface area contributed by atoms with Crippen LogP contribution in [0.4, 0.5) is 5.69 Å². The van der Waals surface area contributed by atoms with E-state index < -0.39 is 0 Å². The van der Waals surface area contributed by atoms with Crippen molar-refractivity contribution in [2.45, 2.75) is 13.5 Å². The standard InChI is InChI=1S/C12H13ClN2/c1-9(7-13)8-15-5-4-10-6-11(14)2-3-12(10)15/h2-7H,8,14H2,1H3/b9-7-. The van der Waals surface area contributed by atoms with E-state index in [1.54, 1.807) is 5.54 Å². The Bertz CT molecular complexity index is 511. The molecule has 0 spiro atoms. The summed E-state index contributed by atoms with van der Waals surface area (Å²) in [7, 11) is 0. The van der Waals surface area contributed by atoms with Crippen molar-refractivity contribution in [2.75, 3.05) is 5.73 Å². The quantitative estimate of drug-likeness (QED) is 0.773. The number of nitrogen functional groups attached to an aromatic ring is 1. The molecular weight excluding hydrogens is 208 g/mol. The average Bonchev–Trinajstić information content (AvgIpc) is 2.60. The number of anilines is 1. The molecule has 0 aliphatic carbocycles. The number of aromatic nitrogens is 1. The molecule has 0 aliphatic heterocycles. The van der Waals surface area contributed by atoms with Gasteiger partial charge in [0.1, 0.15) is 0 Å². The van der Waals surface area contributed by atoms with E-state index in [4.69, 9.17) is 17.3 Å². The molecule has 2 rings (SSSR count). The molecular formula is C12H13ClN2. The number of hydrogen-bond donors (Lipinski definition) is 1. The minimum atomic E-state index is 0.796. The molecule has 0 bridgehead atoms. The van der Waals surface area contributed by atoms with Gasteiger partial charge in [-0.1, -0.05) is 11.6 Å². The Morgan fingerprint density at radius 2 is 2.27 bits per heavy atom. The maximum absolute atomic E-state index is 5.72. The SMILES string of the molecule is C/C(=C/Cl)Cn1ccc2cc(N)ccc21. The van der Waals surface area contributed by atoms with Crippen LogP contribution >= 0.6 is 11.6 Å². The summed E-state index contributed by atoms with van der Waals surface area (Å²) in [5, 5.41) is 1.16. The summed E-state index contributed by atoms with van der Waals surface area (Å²) in [4.78, 5) is 0. The van der Waals surface area contributed by atoms with Crippen molar-refractivity contribution in [3.63, 3.8) is 0 Å². The molecule has 0 amide bonds. The van der Waals surface area contributed by atoms with Gasteiger partial charge in [0, 0.05) is 34.9 Å². The molecule has 0 saturated carbocycles. The summed E-state index contributed by atoms with van der Waals surface area (Å²) >= 11 is 5.65. The van der Waals surface area contributed by atoms with Crippen molar-refractivity contribution in [1.29, 1.82) is 0 Å². The van der Waals surface area contributed by atoms with Crippen LogP contribution in [0.25, 0.3) is 10.9 Å². The number of halogens is 1. The highest BCUT2D eigenvalue weighted by molar-refractivity contribution is 6.25. The molecule has 15 heavy (non-hydrogen) atoms. The number of hydrogen-bond acceptors (Lipinski definition) is 1. The minimum Gasteiger partial charge on any atom is -0.399 e. The molecule has 2 N–H and O–H groups in total. The molecule has 2 aromatic rings. The lowest BCUT2D eigenvalue weighted by Crippen LogP contribution is -1.96. The number of rotatable bonds is 2. The van der Waals surface area contributed by atoms with Crippen LogP contribution in [-0.4, -0.2) is 4.57 Å². The average molecular weight is 221 g/mol. The van der Waals surface area contributed by atoms with Gasteiger partial charge in [-0.05, 0) is 36.8 Å². The molecule has 1 aromatic heterocycles. The van der Waals surface area contributed by atoms with Gasteiger partial charge in [-0.3, -0.25) is 0 Å². The van der Waals surface area contributed by atoms with Gasteiger partial charge in [-0.15, -0.1) is 0 Å². The number of benzene rings is 1. The Morgan fingerprint density at radius 1 is 1.47 bits per heavy atom. The lowest BCUT2D eigenvalue weighted by atomic mass is 10.2. The van der Waals surface area contributed by atoms with Crippen molar-refractivity contribution in [2.24, 2.45) is 0 Å². The highest BCUT2D eigenvalue weighted by Gasteiger charge is 2.01. The number of nitrogens with zero attached hydrogens (tertiary/aromatic N) is 1. The third-order valence-corrected chi connectivity index (χ3v) is 2.77. The van der Waals surface area contributed by atoms with E-state index in [0.29, 0.717) is 0 Å². The van der Waals surface area contributed by atoms with Crippen LogP contribution in [0.1, 0.15) is 6.92 Å². The maximum Gasteiger partial charge on any atom is 0.0484 e. The van der Waals surface area contributed by atoms with E-state index in [2.05, 4.69) is 10.6 Å². The predicted octanol–water partition coefficient (Wildman–Crippen LogP) is 3.37. The molecule has 0 fully saturated rings. The van der Waals surface area contributed by atoms with E-state index in [0.717, 1.165) is 23.2 Å². The second-order valence-corrected chi connectivity index (χ2v) is 3.94. The molecule has 1 aromatic carbocycles. The van der Waals surface area contributed by atoms with Gasteiger partial charge in [-0.25, -0.2) is 0 Å². The monoisotopic (exact) mass is 220 g/mol. The Hall–Kier alpha value is -1.41. The van der Waals surface area contributed by atoms with Crippen LogP contribution in [0.3, 0.4) is 0 Å². The summed E-state index contributed by atoms with van der Waals surface area (Å²) in [6, 6.07) is 7.99. The topological polar surface area (TPSA) is 30.9 Å². The van der Waals surface area contributed by atoms with Gasteiger partial charge in [0.2, 0.25) is 0 Å². The minimum absolute atomic E-state index is 0.796. The van der Waals surface area contributed by atoms with Gasteiger partial charge in [0.15, 0.2) is 0 Å². The summed E-state index contributed by atoms with van der Waals surface area (Å²) in [6.45, 7) is 2.83. The Kier molecular flexibility index (Phi) is 2.69. The van der Waals surface area contributed by atoms with E-state index >= 15 is 0 Å². The molecule has 0 atom stereocenters. The third kappa shape index (κ3) is 2.00. The number of fused-ring (bicyclic) bond motifs is 1. The smallest absolute Gasteiger partial charge is 0.0484 e. The first-order valence-electron chi connectivity index (χ1n) is 4.81. The fourth-order valence-corrected chi connectivity index (χ4v) is 1.73. The summed E-state index contributed by atoms with van der Waals surface area (Å²) in [6.07, 6.45) is 2.05. The van der Waals surface area contributed by atoms with Crippen LogP contribution < -0.4 is 5.73 Å². The van der Waals surface area contributed by atoms with Crippen LogP contribution in [0, 0.1) is 0 Å². The van der Waals surface area contributed by atoms with E-state index in [9.17, 15) is 0 Å². The lowest BCUT2D eigenvalue weighted by Gasteiger charge is -2.05. The molecule has 78 valence electrons. The molecule has 3 heteroatoms. The van der Waals surface area contributed by atoms with Gasteiger partial charge >= 0.3 is 0 Å². The van der Waals surface area contributed by atoms with Gasteiger partial charge in [0.05, 0.1) is 0 Å². The summed E-state index contributed by atoms with van der Waals surface area (Å²) in [5.41, 5.74) is 10.4.